The number of nitrogens with one attached hydrogen (secondary N) is 2. The van der Waals surface area contributed by atoms with Gasteiger partial charge in [-0.25, -0.2) is 4.79 Å². The molecule has 33 heavy (non-hydrogen) atoms. The van der Waals surface area contributed by atoms with Crippen LogP contribution in [0.5, 0.6) is 0 Å². The summed E-state index contributed by atoms with van der Waals surface area (Å²) in [5, 5.41) is 4.67. The first kappa shape index (κ1) is 24.6. The minimum Gasteiger partial charge on any atom is -0.452 e. The zero-order chi connectivity index (χ0) is 23.8. The van der Waals surface area contributed by atoms with Crippen LogP contribution in [-0.2, 0) is 20.7 Å². The minimum atomic E-state index is -4.55. The number of hydrogen-bond acceptors (Lipinski definition) is 5. The van der Waals surface area contributed by atoms with Crippen molar-refractivity contribution in [3.63, 3.8) is 0 Å². The molecule has 2 N–H and O–H groups in total. The number of rotatable bonds is 8. The molecule has 0 saturated carbocycles. The van der Waals surface area contributed by atoms with E-state index in [1.54, 1.807) is 23.5 Å². The van der Waals surface area contributed by atoms with Gasteiger partial charge in [-0.05, 0) is 42.5 Å². The molecule has 176 valence electrons. The first-order valence-electron chi connectivity index (χ1n) is 10.3. The van der Waals surface area contributed by atoms with E-state index in [9.17, 15) is 27.6 Å². The number of ether oxygens (including phenoxy) is 1. The van der Waals surface area contributed by atoms with Gasteiger partial charge in [-0.2, -0.15) is 13.2 Å². The van der Waals surface area contributed by atoms with Crippen molar-refractivity contribution in [3.8, 4) is 0 Å². The van der Waals surface area contributed by atoms with Crippen molar-refractivity contribution in [2.45, 2.75) is 36.4 Å². The number of esters is 1. The number of alkyl halides is 3. The highest BCUT2D eigenvalue weighted by molar-refractivity contribution is 8.00. The van der Waals surface area contributed by atoms with Gasteiger partial charge in [0.15, 0.2) is 6.61 Å². The molecule has 1 atom stereocenters. The molecule has 3 rings (SSSR count). The first-order valence-corrected chi connectivity index (χ1v) is 11.3. The molecule has 6 nitrogen and oxygen atoms in total. The van der Waals surface area contributed by atoms with E-state index in [-0.39, 0.29) is 23.3 Å². The lowest BCUT2D eigenvalue weighted by Gasteiger charge is -2.26. The average Bonchev–Trinajstić information content (AvgIpc) is 2.80. The van der Waals surface area contributed by atoms with Crippen molar-refractivity contribution in [2.24, 2.45) is 0 Å². The number of fused-ring (bicyclic) bond motifs is 1. The predicted octanol–water partition coefficient (Wildman–Crippen LogP) is 3.81. The summed E-state index contributed by atoms with van der Waals surface area (Å²) in [5.41, 5.74) is 2.48. The van der Waals surface area contributed by atoms with E-state index in [4.69, 9.17) is 4.74 Å². The maximum absolute atomic E-state index is 12.6. The summed E-state index contributed by atoms with van der Waals surface area (Å²) in [6.07, 6.45) is -1.72. The summed E-state index contributed by atoms with van der Waals surface area (Å²) < 4.78 is 41.3. The number of carbonyl (C=O) groups is 3. The van der Waals surface area contributed by atoms with Crippen LogP contribution >= 0.6 is 11.8 Å². The van der Waals surface area contributed by atoms with Gasteiger partial charge in [-0.1, -0.05) is 36.4 Å². The number of benzene rings is 2. The second kappa shape index (κ2) is 11.2. The summed E-state index contributed by atoms with van der Waals surface area (Å²) in [6, 6.07) is 14.3. The smallest absolute Gasteiger partial charge is 0.405 e. The molecule has 0 saturated heterocycles. The number of amides is 2. The third-order valence-corrected chi connectivity index (χ3v) is 6.06. The van der Waals surface area contributed by atoms with Gasteiger partial charge >= 0.3 is 12.1 Å². The van der Waals surface area contributed by atoms with Crippen molar-refractivity contribution < 1.29 is 32.3 Å². The molecule has 2 aromatic carbocycles. The third-order valence-electron chi connectivity index (χ3n) is 4.99. The lowest BCUT2D eigenvalue weighted by molar-refractivity contribution is -0.140. The Morgan fingerprint density at radius 3 is 2.55 bits per heavy atom. The molecule has 0 spiro atoms. The second-order valence-electron chi connectivity index (χ2n) is 7.46. The van der Waals surface area contributed by atoms with Gasteiger partial charge in [-0.15, -0.1) is 11.8 Å². The molecule has 0 aromatic heterocycles. The largest absolute Gasteiger partial charge is 0.452 e. The van der Waals surface area contributed by atoms with E-state index >= 15 is 0 Å². The van der Waals surface area contributed by atoms with Crippen LogP contribution in [0.3, 0.4) is 0 Å². The molecule has 10 heteroatoms. The van der Waals surface area contributed by atoms with Crippen LogP contribution in [0.15, 0.2) is 53.4 Å². The molecule has 1 aliphatic rings. The van der Waals surface area contributed by atoms with Crippen molar-refractivity contribution in [1.29, 1.82) is 0 Å². The molecule has 0 fully saturated rings. The fraction of sp³-hybridized carbons (Fsp3) is 0.348. The van der Waals surface area contributed by atoms with E-state index in [0.717, 1.165) is 36.6 Å². The van der Waals surface area contributed by atoms with Gasteiger partial charge in [0.05, 0.1) is 17.4 Å². The topological polar surface area (TPSA) is 84.5 Å². The molecular weight excluding hydrogens is 457 g/mol. The summed E-state index contributed by atoms with van der Waals surface area (Å²) in [6.45, 7) is -2.34. The Kier molecular flexibility index (Phi) is 8.37. The Morgan fingerprint density at radius 2 is 1.76 bits per heavy atom. The highest BCUT2D eigenvalue weighted by Crippen LogP contribution is 2.30. The van der Waals surface area contributed by atoms with Gasteiger partial charge < -0.3 is 15.4 Å². The van der Waals surface area contributed by atoms with Crippen LogP contribution < -0.4 is 10.6 Å². The number of aryl methyl sites for hydroxylation is 1. The molecule has 2 aromatic rings. The number of thioether (sulfide) groups is 1. The van der Waals surface area contributed by atoms with Gasteiger partial charge in [-0.3, -0.25) is 9.59 Å². The van der Waals surface area contributed by atoms with Crippen LogP contribution in [0.4, 0.5) is 13.2 Å². The van der Waals surface area contributed by atoms with Crippen molar-refractivity contribution >= 4 is 29.5 Å². The summed E-state index contributed by atoms with van der Waals surface area (Å²) in [4.78, 5) is 36.8. The van der Waals surface area contributed by atoms with E-state index in [1.807, 2.05) is 18.2 Å². The predicted molar refractivity (Wildman–Crippen MR) is 117 cm³/mol. The fourth-order valence-corrected chi connectivity index (χ4v) is 4.35. The monoisotopic (exact) mass is 480 g/mol. The Morgan fingerprint density at radius 1 is 1.03 bits per heavy atom. The summed E-state index contributed by atoms with van der Waals surface area (Å²) >= 11 is 1.14. The van der Waals surface area contributed by atoms with Crippen LogP contribution in [0, 0.1) is 0 Å². The minimum absolute atomic E-state index is 0.0570. The van der Waals surface area contributed by atoms with E-state index in [0.29, 0.717) is 4.90 Å². The zero-order valence-corrected chi connectivity index (χ0v) is 18.4. The van der Waals surface area contributed by atoms with Crippen LogP contribution in [0.1, 0.15) is 40.4 Å². The zero-order valence-electron chi connectivity index (χ0n) is 17.6. The quantitative estimate of drug-likeness (QED) is 0.444. The van der Waals surface area contributed by atoms with Gasteiger partial charge in [0.1, 0.15) is 6.54 Å². The standard InChI is InChI=1S/C23H23F3N2O4S/c24-23(25,26)14-27-20(29)12-32-22(31)17-9-3-4-11-19(17)33-13-21(30)28-18-10-5-7-15-6-1-2-8-16(15)18/h1-4,6,8-9,11,18H,5,7,10,12-14H2,(H,27,29)(H,28,30)/t18-/m0/s1. The molecule has 0 unspecified atom stereocenters. The van der Waals surface area contributed by atoms with Gasteiger partial charge in [0.2, 0.25) is 5.91 Å². The Balaban J connectivity index is 1.53. The molecule has 0 bridgehead atoms. The summed E-state index contributed by atoms with van der Waals surface area (Å²) in [5.74, 6) is -2.04. The lowest BCUT2D eigenvalue weighted by Crippen LogP contribution is -2.36. The number of hydrogen-bond donors (Lipinski definition) is 2. The Labute approximate surface area is 193 Å². The van der Waals surface area contributed by atoms with Crippen LogP contribution in [0.2, 0.25) is 0 Å². The Hall–Kier alpha value is -3.01. The summed E-state index contributed by atoms with van der Waals surface area (Å²) in [7, 11) is 0. The highest BCUT2D eigenvalue weighted by atomic mass is 32.2. The fourth-order valence-electron chi connectivity index (χ4n) is 3.50. The molecule has 1 aliphatic carbocycles. The average molecular weight is 481 g/mol. The highest BCUT2D eigenvalue weighted by Gasteiger charge is 2.28. The number of carbonyl (C=O) groups excluding carboxylic acids is 3. The molecule has 2 amide bonds. The Bertz CT molecular complexity index is 1010. The van der Waals surface area contributed by atoms with Crippen molar-refractivity contribution in [1.82, 2.24) is 10.6 Å². The SMILES string of the molecule is O=C(COC(=O)c1ccccc1SCC(=O)N[C@H]1CCCc2ccccc21)NCC(F)(F)F. The van der Waals surface area contributed by atoms with E-state index < -0.39 is 31.2 Å². The lowest BCUT2D eigenvalue weighted by atomic mass is 9.88. The van der Waals surface area contributed by atoms with E-state index in [1.165, 1.54) is 11.6 Å². The molecular formula is C23H23F3N2O4S. The second-order valence-corrected chi connectivity index (χ2v) is 8.48. The third kappa shape index (κ3) is 7.52. The molecule has 0 heterocycles. The molecule has 0 aliphatic heterocycles. The number of halogens is 3. The maximum Gasteiger partial charge on any atom is 0.405 e. The van der Waals surface area contributed by atoms with Gasteiger partial charge in [0.25, 0.3) is 5.91 Å². The maximum atomic E-state index is 12.6. The normalized spacial score (nSPS) is 15.3. The van der Waals surface area contributed by atoms with Crippen LogP contribution in [-0.4, -0.2) is 42.9 Å². The molecule has 0 radical (unpaired) electrons. The van der Waals surface area contributed by atoms with Gasteiger partial charge in [0, 0.05) is 4.90 Å². The first-order chi connectivity index (χ1) is 15.7. The van der Waals surface area contributed by atoms with Crippen LogP contribution in [0.25, 0.3) is 0 Å². The van der Waals surface area contributed by atoms with E-state index in [2.05, 4.69) is 11.4 Å². The van der Waals surface area contributed by atoms with Crippen molar-refractivity contribution in [3.05, 3.63) is 65.2 Å². The van der Waals surface area contributed by atoms with Crippen molar-refractivity contribution in [2.75, 3.05) is 18.9 Å².